The molecule has 0 radical (unpaired) electrons. The molecule has 2 unspecified atom stereocenters. The van der Waals surface area contributed by atoms with Crippen molar-refractivity contribution < 1.29 is 18.7 Å². The Morgan fingerprint density at radius 2 is 2.16 bits per heavy atom. The molecule has 1 aromatic carbocycles. The van der Waals surface area contributed by atoms with Crippen molar-refractivity contribution in [3.8, 4) is 0 Å². The van der Waals surface area contributed by atoms with E-state index in [4.69, 9.17) is 4.74 Å². The van der Waals surface area contributed by atoms with Gasteiger partial charge in [0.1, 0.15) is 5.82 Å². The second kappa shape index (κ2) is 5.28. The van der Waals surface area contributed by atoms with Crippen LogP contribution in [-0.4, -0.2) is 29.4 Å². The average Bonchev–Trinajstić information content (AvgIpc) is 3.08. The van der Waals surface area contributed by atoms with Crippen LogP contribution in [0, 0.1) is 5.82 Å². The smallest absolute Gasteiger partial charge is 0.331 e. The molecule has 1 aromatic rings. The Morgan fingerprint density at radius 1 is 1.47 bits per heavy atom. The Hall–Kier alpha value is -1.43. The van der Waals surface area contributed by atoms with Crippen molar-refractivity contribution in [2.24, 2.45) is 0 Å². The van der Waals surface area contributed by atoms with Crippen molar-refractivity contribution in [1.29, 1.82) is 0 Å². The molecule has 1 aliphatic rings. The van der Waals surface area contributed by atoms with Gasteiger partial charge in [0.15, 0.2) is 6.04 Å². The fourth-order valence-electron chi connectivity index (χ4n) is 2.13. The Kier molecular flexibility index (Phi) is 3.89. The molecule has 2 rings (SSSR count). The Morgan fingerprint density at radius 3 is 2.68 bits per heavy atom. The summed E-state index contributed by atoms with van der Waals surface area (Å²) in [5.41, 5.74) is 0.710. The second-order valence-electron chi connectivity index (χ2n) is 4.24. The molecule has 0 bridgehead atoms. The number of hydrogen-bond donors (Lipinski definition) is 0. The van der Waals surface area contributed by atoms with Gasteiger partial charge in [-0.05, 0) is 40.5 Å². The van der Waals surface area contributed by atoms with E-state index >= 15 is 0 Å². The molecule has 0 saturated carbocycles. The topological polar surface area (TPSA) is 46.4 Å². The first-order valence-electron chi connectivity index (χ1n) is 5.87. The van der Waals surface area contributed by atoms with Crippen LogP contribution in [0.2, 0.25) is 0 Å². The number of nitrogens with zero attached hydrogens (tertiary/aromatic N) is 1. The molecule has 0 N–H and O–H groups in total. The molecular weight excluding hydrogens is 317 g/mol. The third-order valence-corrected chi connectivity index (χ3v) is 3.59. The Balaban J connectivity index is 2.25. The number of hydrogen-bond acceptors (Lipinski definition) is 3. The third-order valence-electron chi connectivity index (χ3n) is 2.99. The molecule has 1 amide bonds. The molecular formula is C13H13BrFNO3. The zero-order valence-corrected chi connectivity index (χ0v) is 12.1. The number of amides is 1. The number of ether oxygens (including phenoxy) is 1. The maximum absolute atomic E-state index is 13.2. The molecule has 1 heterocycles. The first kappa shape index (κ1) is 14.0. The van der Waals surface area contributed by atoms with E-state index < -0.39 is 12.0 Å². The van der Waals surface area contributed by atoms with Crippen molar-refractivity contribution in [3.05, 3.63) is 34.1 Å². The van der Waals surface area contributed by atoms with Gasteiger partial charge in [-0.1, -0.05) is 6.07 Å². The molecule has 6 heteroatoms. The van der Waals surface area contributed by atoms with Crippen LogP contribution in [0.3, 0.4) is 0 Å². The lowest BCUT2D eigenvalue weighted by molar-refractivity contribution is -0.145. The average molecular weight is 330 g/mol. The van der Waals surface area contributed by atoms with E-state index in [1.54, 1.807) is 19.1 Å². The summed E-state index contributed by atoms with van der Waals surface area (Å²) in [6.07, 6.45) is 0. The van der Waals surface area contributed by atoms with Gasteiger partial charge in [0.2, 0.25) is 5.91 Å². The van der Waals surface area contributed by atoms with Gasteiger partial charge in [-0.15, -0.1) is 0 Å². The SMILES string of the molecule is CCOC(=O)C1C(c2ccc(F)c(Br)c2)N1C(C)=O. The summed E-state index contributed by atoms with van der Waals surface area (Å²) in [5, 5.41) is 0. The summed E-state index contributed by atoms with van der Waals surface area (Å²) >= 11 is 3.09. The minimum atomic E-state index is -0.602. The van der Waals surface area contributed by atoms with Crippen LogP contribution in [0.1, 0.15) is 25.5 Å². The highest BCUT2D eigenvalue weighted by Crippen LogP contribution is 2.44. The highest BCUT2D eigenvalue weighted by atomic mass is 79.9. The molecule has 102 valence electrons. The van der Waals surface area contributed by atoms with Gasteiger partial charge in [-0.3, -0.25) is 4.79 Å². The monoisotopic (exact) mass is 329 g/mol. The molecule has 0 aromatic heterocycles. The van der Waals surface area contributed by atoms with Crippen LogP contribution in [-0.2, 0) is 14.3 Å². The number of esters is 1. The van der Waals surface area contributed by atoms with E-state index in [0.717, 1.165) is 0 Å². The van der Waals surface area contributed by atoms with Gasteiger partial charge in [0.25, 0.3) is 0 Å². The quantitative estimate of drug-likeness (QED) is 0.632. The van der Waals surface area contributed by atoms with Crippen molar-refractivity contribution in [3.63, 3.8) is 0 Å². The zero-order valence-electron chi connectivity index (χ0n) is 10.5. The van der Waals surface area contributed by atoms with Gasteiger partial charge in [-0.25, -0.2) is 9.18 Å². The minimum absolute atomic E-state index is 0.205. The van der Waals surface area contributed by atoms with Crippen molar-refractivity contribution >= 4 is 27.8 Å². The molecule has 1 aliphatic heterocycles. The summed E-state index contributed by atoms with van der Waals surface area (Å²) in [5.74, 6) is -1.02. The van der Waals surface area contributed by atoms with Crippen molar-refractivity contribution in [1.82, 2.24) is 4.90 Å². The summed E-state index contributed by atoms with van der Waals surface area (Å²) in [6.45, 7) is 3.37. The fraction of sp³-hybridized carbons (Fsp3) is 0.385. The highest BCUT2D eigenvalue weighted by molar-refractivity contribution is 9.10. The maximum Gasteiger partial charge on any atom is 0.331 e. The number of carbonyl (C=O) groups excluding carboxylic acids is 2. The van der Waals surface area contributed by atoms with Crippen LogP contribution in [0.15, 0.2) is 22.7 Å². The first-order valence-corrected chi connectivity index (χ1v) is 6.67. The standard InChI is InChI=1S/C13H13BrFNO3/c1-3-19-13(18)12-11(16(12)7(2)17)8-4-5-10(15)9(14)6-8/h4-6,11-12H,3H2,1-2H3. The summed E-state index contributed by atoms with van der Waals surface area (Å²) in [7, 11) is 0. The van der Waals surface area contributed by atoms with Gasteiger partial charge in [0, 0.05) is 6.92 Å². The number of benzene rings is 1. The number of halogens is 2. The van der Waals surface area contributed by atoms with E-state index in [1.165, 1.54) is 17.9 Å². The minimum Gasteiger partial charge on any atom is -0.464 e. The van der Waals surface area contributed by atoms with E-state index in [2.05, 4.69) is 15.9 Å². The van der Waals surface area contributed by atoms with Gasteiger partial charge in [-0.2, -0.15) is 0 Å². The Labute approximate surface area is 118 Å². The lowest BCUT2D eigenvalue weighted by Crippen LogP contribution is -2.18. The fourth-order valence-corrected chi connectivity index (χ4v) is 2.53. The van der Waals surface area contributed by atoms with E-state index in [9.17, 15) is 14.0 Å². The summed E-state index contributed by atoms with van der Waals surface area (Å²) in [4.78, 5) is 24.7. The van der Waals surface area contributed by atoms with Gasteiger partial charge >= 0.3 is 5.97 Å². The zero-order chi connectivity index (χ0) is 14.2. The van der Waals surface area contributed by atoms with E-state index in [0.29, 0.717) is 10.0 Å². The Bertz CT molecular complexity index is 535. The molecule has 0 spiro atoms. The molecule has 0 aliphatic carbocycles. The lowest BCUT2D eigenvalue weighted by atomic mass is 10.1. The molecule has 1 fully saturated rings. The lowest BCUT2D eigenvalue weighted by Gasteiger charge is -2.01. The third kappa shape index (κ3) is 2.63. The highest BCUT2D eigenvalue weighted by Gasteiger charge is 2.56. The normalized spacial score (nSPS) is 21.2. The maximum atomic E-state index is 13.2. The molecule has 1 saturated heterocycles. The number of rotatable bonds is 3. The van der Waals surface area contributed by atoms with E-state index in [-0.39, 0.29) is 24.4 Å². The van der Waals surface area contributed by atoms with Crippen molar-refractivity contribution in [2.75, 3.05) is 6.61 Å². The van der Waals surface area contributed by atoms with Crippen LogP contribution in [0.25, 0.3) is 0 Å². The van der Waals surface area contributed by atoms with Gasteiger partial charge in [0.05, 0.1) is 17.1 Å². The van der Waals surface area contributed by atoms with Crippen LogP contribution < -0.4 is 0 Å². The van der Waals surface area contributed by atoms with E-state index in [1.807, 2.05) is 0 Å². The first-order chi connectivity index (χ1) is 8.97. The molecule has 4 nitrogen and oxygen atoms in total. The van der Waals surface area contributed by atoms with Crippen molar-refractivity contribution in [2.45, 2.75) is 25.9 Å². The van der Waals surface area contributed by atoms with Crippen LogP contribution in [0.5, 0.6) is 0 Å². The van der Waals surface area contributed by atoms with Crippen LogP contribution in [0.4, 0.5) is 4.39 Å². The summed E-state index contributed by atoms with van der Waals surface area (Å²) in [6, 6.07) is 3.48. The largest absolute Gasteiger partial charge is 0.464 e. The predicted octanol–water partition coefficient (Wildman–Crippen LogP) is 2.42. The second-order valence-corrected chi connectivity index (χ2v) is 5.10. The number of carbonyl (C=O) groups is 2. The van der Waals surface area contributed by atoms with Crippen LogP contribution >= 0.6 is 15.9 Å². The predicted molar refractivity (Wildman–Crippen MR) is 69.8 cm³/mol. The van der Waals surface area contributed by atoms with Gasteiger partial charge < -0.3 is 9.64 Å². The molecule has 19 heavy (non-hydrogen) atoms. The molecule has 2 atom stereocenters. The summed E-state index contributed by atoms with van der Waals surface area (Å²) < 4.78 is 18.4.